The van der Waals surface area contributed by atoms with Gasteiger partial charge in [0.25, 0.3) is 0 Å². The van der Waals surface area contributed by atoms with Gasteiger partial charge in [-0.05, 0) is 43.0 Å². The van der Waals surface area contributed by atoms with Crippen LogP contribution in [-0.4, -0.2) is 58.0 Å². The molecule has 0 aromatic heterocycles. The van der Waals surface area contributed by atoms with E-state index in [2.05, 4.69) is 5.32 Å². The molecule has 1 aromatic carbocycles. The minimum absolute atomic E-state index is 0.0538. The molecule has 1 saturated heterocycles. The van der Waals surface area contributed by atoms with E-state index in [4.69, 9.17) is 9.47 Å². The van der Waals surface area contributed by atoms with E-state index in [0.717, 1.165) is 6.42 Å². The first-order valence-electron chi connectivity index (χ1n) is 9.77. The normalized spacial score (nSPS) is 17.9. The molecular weight excluding hydrogens is 396 g/mol. The van der Waals surface area contributed by atoms with Gasteiger partial charge in [-0.15, -0.1) is 0 Å². The summed E-state index contributed by atoms with van der Waals surface area (Å²) in [6.45, 7) is 4.32. The highest BCUT2D eigenvalue weighted by Gasteiger charge is 2.34. The van der Waals surface area contributed by atoms with Crippen molar-refractivity contribution in [2.24, 2.45) is 11.8 Å². The molecular formula is C20H30N2O6S. The van der Waals surface area contributed by atoms with E-state index in [0.29, 0.717) is 18.6 Å². The fraction of sp³-hybridized carbons (Fsp3) is 0.600. The molecule has 0 saturated carbocycles. The molecule has 1 heterocycles. The van der Waals surface area contributed by atoms with Gasteiger partial charge in [0.1, 0.15) is 11.8 Å². The number of ether oxygens (including phenoxy) is 2. The molecule has 0 bridgehead atoms. The van der Waals surface area contributed by atoms with Crippen LogP contribution in [0.1, 0.15) is 33.1 Å². The topological polar surface area (TPSA) is 102 Å². The maximum atomic E-state index is 12.8. The average Bonchev–Trinajstić information content (AvgIpc) is 2.76. The molecule has 1 aliphatic rings. The maximum absolute atomic E-state index is 12.8. The van der Waals surface area contributed by atoms with Crippen LogP contribution in [0.15, 0.2) is 29.2 Å². The molecule has 1 amide bonds. The number of hydrogen-bond acceptors (Lipinski definition) is 6. The summed E-state index contributed by atoms with van der Waals surface area (Å²) in [7, 11) is -0.805. The molecule has 1 N–H and O–H groups in total. The van der Waals surface area contributed by atoms with Gasteiger partial charge < -0.3 is 14.8 Å². The Balaban J connectivity index is 1.99. The zero-order valence-corrected chi connectivity index (χ0v) is 18.2. The zero-order valence-electron chi connectivity index (χ0n) is 17.4. The SMILES string of the molecule is CC[C@@H](C)[C@H](NC(=O)C1CCN(S(=O)(=O)c2ccc(OC)cc2)CC1)C(=O)OC. The van der Waals surface area contributed by atoms with E-state index in [1.54, 1.807) is 12.1 Å². The summed E-state index contributed by atoms with van der Waals surface area (Å²) in [6.07, 6.45) is 1.52. The van der Waals surface area contributed by atoms with Crippen LogP contribution >= 0.6 is 0 Å². The summed E-state index contributed by atoms with van der Waals surface area (Å²) in [4.78, 5) is 24.8. The number of methoxy groups -OCH3 is 2. The number of carbonyl (C=O) groups excluding carboxylic acids is 2. The molecule has 2 rings (SSSR count). The third-order valence-corrected chi connectivity index (χ3v) is 7.40. The standard InChI is InChI=1S/C20H30N2O6S/c1-5-14(2)18(20(24)28-4)21-19(23)15-10-12-22(13-11-15)29(25,26)17-8-6-16(27-3)7-9-17/h6-9,14-15,18H,5,10-13H2,1-4H3,(H,21,23)/t14-,18+/m1/s1. The third-order valence-electron chi connectivity index (χ3n) is 5.49. The third kappa shape index (κ3) is 5.48. The van der Waals surface area contributed by atoms with Crippen LogP contribution in [-0.2, 0) is 24.3 Å². The Morgan fingerprint density at radius 2 is 1.76 bits per heavy atom. The highest BCUT2D eigenvalue weighted by Crippen LogP contribution is 2.25. The van der Waals surface area contributed by atoms with Crippen molar-refractivity contribution in [2.45, 2.75) is 44.0 Å². The van der Waals surface area contributed by atoms with Crippen molar-refractivity contribution in [1.82, 2.24) is 9.62 Å². The van der Waals surface area contributed by atoms with E-state index in [9.17, 15) is 18.0 Å². The first-order chi connectivity index (χ1) is 13.7. The lowest BCUT2D eigenvalue weighted by molar-refractivity contribution is -0.147. The van der Waals surface area contributed by atoms with Gasteiger partial charge in [-0.25, -0.2) is 13.2 Å². The number of sulfonamides is 1. The molecule has 0 aliphatic carbocycles. The second-order valence-corrected chi connectivity index (χ2v) is 9.19. The Bertz CT molecular complexity index is 801. The molecule has 1 aliphatic heterocycles. The van der Waals surface area contributed by atoms with E-state index in [1.807, 2.05) is 13.8 Å². The fourth-order valence-corrected chi connectivity index (χ4v) is 4.79. The van der Waals surface area contributed by atoms with Crippen molar-refractivity contribution in [2.75, 3.05) is 27.3 Å². The highest BCUT2D eigenvalue weighted by atomic mass is 32.2. The summed E-state index contributed by atoms with van der Waals surface area (Å²) in [6, 6.07) is 5.54. The lowest BCUT2D eigenvalue weighted by Gasteiger charge is -2.32. The average molecular weight is 427 g/mol. The fourth-order valence-electron chi connectivity index (χ4n) is 3.32. The van der Waals surface area contributed by atoms with Crippen LogP contribution in [0.3, 0.4) is 0 Å². The Morgan fingerprint density at radius 1 is 1.17 bits per heavy atom. The minimum Gasteiger partial charge on any atom is -0.497 e. The van der Waals surface area contributed by atoms with E-state index < -0.39 is 22.0 Å². The number of esters is 1. The molecule has 9 heteroatoms. The highest BCUT2D eigenvalue weighted by molar-refractivity contribution is 7.89. The Morgan fingerprint density at radius 3 is 2.24 bits per heavy atom. The Hall–Kier alpha value is -2.13. The zero-order chi connectivity index (χ0) is 21.6. The van der Waals surface area contributed by atoms with Gasteiger partial charge in [-0.1, -0.05) is 20.3 Å². The number of piperidine rings is 1. The van der Waals surface area contributed by atoms with Crippen LogP contribution in [0.25, 0.3) is 0 Å². The van der Waals surface area contributed by atoms with Gasteiger partial charge in [0.05, 0.1) is 19.1 Å². The van der Waals surface area contributed by atoms with Gasteiger partial charge in [-0.2, -0.15) is 4.31 Å². The van der Waals surface area contributed by atoms with Crippen LogP contribution in [0.5, 0.6) is 5.75 Å². The van der Waals surface area contributed by atoms with Crippen molar-refractivity contribution in [1.29, 1.82) is 0 Å². The molecule has 2 atom stereocenters. The number of nitrogens with zero attached hydrogens (tertiary/aromatic N) is 1. The molecule has 8 nitrogen and oxygen atoms in total. The Labute approximate surface area is 172 Å². The Kier molecular flexibility index (Phi) is 8.04. The van der Waals surface area contributed by atoms with Crippen LogP contribution in [0, 0.1) is 11.8 Å². The largest absolute Gasteiger partial charge is 0.497 e. The predicted octanol–water partition coefficient (Wildman–Crippen LogP) is 1.80. The minimum atomic E-state index is -3.62. The molecule has 0 radical (unpaired) electrons. The lowest BCUT2D eigenvalue weighted by Crippen LogP contribution is -2.50. The van der Waals surface area contributed by atoms with Gasteiger partial charge in [-0.3, -0.25) is 4.79 Å². The number of carbonyl (C=O) groups is 2. The lowest BCUT2D eigenvalue weighted by atomic mass is 9.94. The van der Waals surface area contributed by atoms with Crippen molar-refractivity contribution in [3.05, 3.63) is 24.3 Å². The summed E-state index contributed by atoms with van der Waals surface area (Å²) in [5, 5.41) is 2.79. The number of rotatable bonds is 8. The number of amides is 1. The second kappa shape index (κ2) is 10.1. The maximum Gasteiger partial charge on any atom is 0.328 e. The van der Waals surface area contributed by atoms with Crippen LogP contribution < -0.4 is 10.1 Å². The summed E-state index contributed by atoms with van der Waals surface area (Å²) >= 11 is 0. The van der Waals surface area contributed by atoms with Gasteiger partial charge in [0, 0.05) is 19.0 Å². The van der Waals surface area contributed by atoms with Gasteiger partial charge >= 0.3 is 5.97 Å². The van der Waals surface area contributed by atoms with Crippen LogP contribution in [0.2, 0.25) is 0 Å². The summed E-state index contributed by atoms with van der Waals surface area (Å²) in [5.41, 5.74) is 0. The predicted molar refractivity (Wildman–Crippen MR) is 108 cm³/mol. The molecule has 0 spiro atoms. The van der Waals surface area contributed by atoms with Crippen LogP contribution in [0.4, 0.5) is 0 Å². The molecule has 0 unspecified atom stereocenters. The molecule has 162 valence electrons. The van der Waals surface area contributed by atoms with E-state index in [-0.39, 0.29) is 35.7 Å². The van der Waals surface area contributed by atoms with Gasteiger partial charge in [0.15, 0.2) is 0 Å². The first kappa shape index (κ1) is 23.2. The second-order valence-electron chi connectivity index (χ2n) is 7.25. The summed E-state index contributed by atoms with van der Waals surface area (Å²) < 4.78 is 36.9. The number of nitrogens with one attached hydrogen (secondary N) is 1. The van der Waals surface area contributed by atoms with Crippen molar-refractivity contribution in [3.8, 4) is 5.75 Å². The summed E-state index contributed by atoms with van der Waals surface area (Å²) in [5.74, 6) is -0.509. The molecule has 1 fully saturated rings. The smallest absolute Gasteiger partial charge is 0.328 e. The molecule has 29 heavy (non-hydrogen) atoms. The monoisotopic (exact) mass is 426 g/mol. The molecule has 1 aromatic rings. The number of benzene rings is 1. The van der Waals surface area contributed by atoms with Crippen molar-refractivity contribution < 1.29 is 27.5 Å². The quantitative estimate of drug-likeness (QED) is 0.636. The number of hydrogen-bond donors (Lipinski definition) is 1. The first-order valence-corrected chi connectivity index (χ1v) is 11.2. The van der Waals surface area contributed by atoms with Crippen molar-refractivity contribution >= 4 is 21.9 Å². The van der Waals surface area contributed by atoms with E-state index in [1.165, 1.54) is 30.7 Å². The van der Waals surface area contributed by atoms with Crippen molar-refractivity contribution in [3.63, 3.8) is 0 Å². The van der Waals surface area contributed by atoms with Gasteiger partial charge in [0.2, 0.25) is 15.9 Å². The van der Waals surface area contributed by atoms with E-state index >= 15 is 0 Å².